The van der Waals surface area contributed by atoms with Gasteiger partial charge in [-0.05, 0) is 12.2 Å². The molecule has 1 heterocycles. The average molecular weight is 316 g/mol. The van der Waals surface area contributed by atoms with Gasteiger partial charge in [0.25, 0.3) is 0 Å². The highest BCUT2D eigenvalue weighted by atomic mass is 32.2. The Labute approximate surface area is 127 Å². The van der Waals surface area contributed by atoms with Crippen molar-refractivity contribution in [3.63, 3.8) is 0 Å². The van der Waals surface area contributed by atoms with E-state index in [2.05, 4.69) is 36.5 Å². The van der Waals surface area contributed by atoms with E-state index in [-0.39, 0.29) is 5.41 Å². The van der Waals surface area contributed by atoms with Gasteiger partial charge in [-0.25, -0.2) is 9.78 Å². The first-order valence-electron chi connectivity index (χ1n) is 6.29. The minimum absolute atomic E-state index is 0.0572. The average Bonchev–Trinajstić information content (AvgIpc) is 2.81. The van der Waals surface area contributed by atoms with Gasteiger partial charge in [0, 0.05) is 16.5 Å². The van der Waals surface area contributed by atoms with Crippen LogP contribution in [-0.2, 0) is 20.8 Å². The highest BCUT2D eigenvalue weighted by molar-refractivity contribution is 7.98. The Balaban J connectivity index is 2.35. The molecule has 0 aliphatic heterocycles. The van der Waals surface area contributed by atoms with Gasteiger partial charge in [-0.3, -0.25) is 4.79 Å². The van der Waals surface area contributed by atoms with Crippen molar-refractivity contribution in [3.8, 4) is 0 Å². The number of hydrogen-bond donors (Lipinski definition) is 2. The summed E-state index contributed by atoms with van der Waals surface area (Å²) in [5.74, 6) is 0.443. The van der Waals surface area contributed by atoms with Crippen LogP contribution < -0.4 is 5.32 Å². The zero-order chi connectivity index (χ0) is 15.2. The fourth-order valence-corrected chi connectivity index (χ4v) is 3.56. The van der Waals surface area contributed by atoms with Crippen molar-refractivity contribution in [2.24, 2.45) is 0 Å². The predicted octanol–water partition coefficient (Wildman–Crippen LogP) is 2.26. The summed E-state index contributed by atoms with van der Waals surface area (Å²) in [5, 5.41) is 14.3. The van der Waals surface area contributed by atoms with Crippen molar-refractivity contribution < 1.29 is 14.7 Å². The van der Waals surface area contributed by atoms with E-state index in [1.807, 2.05) is 0 Å². The largest absolute Gasteiger partial charge is 0.480 e. The molecule has 0 aliphatic carbocycles. The highest BCUT2D eigenvalue weighted by Gasteiger charge is 2.18. The zero-order valence-electron chi connectivity index (χ0n) is 11.9. The lowest BCUT2D eigenvalue weighted by Crippen LogP contribution is -2.36. The third-order valence-electron chi connectivity index (χ3n) is 2.66. The molecule has 0 saturated carbocycles. The summed E-state index contributed by atoms with van der Waals surface area (Å²) in [4.78, 5) is 25.7. The summed E-state index contributed by atoms with van der Waals surface area (Å²) in [5.41, 5.74) is 1.14. The number of aliphatic carboxylic acids is 1. The van der Waals surface area contributed by atoms with Gasteiger partial charge in [0.2, 0.25) is 6.41 Å². The molecule has 5 nitrogen and oxygen atoms in total. The van der Waals surface area contributed by atoms with E-state index in [1.54, 1.807) is 23.1 Å². The number of carboxylic acid groups (broad SMARTS) is 1. The van der Waals surface area contributed by atoms with Crippen LogP contribution in [0.15, 0.2) is 5.38 Å². The number of aromatic nitrogens is 1. The standard InChI is InChI=1S/C13H20N2O3S2/c1-13(2,3)10-6-20-11(15-10)7-19-5-4-9(12(17)18)14-8-16/h6,8-9H,4-5,7H2,1-3H3,(H,14,16)(H,17,18). The molecule has 0 aliphatic rings. The number of carbonyl (C=O) groups is 2. The SMILES string of the molecule is CC(C)(C)c1csc(CSCCC(NC=O)C(=O)O)n1. The van der Waals surface area contributed by atoms with E-state index in [9.17, 15) is 9.59 Å². The maximum absolute atomic E-state index is 10.8. The fraction of sp³-hybridized carbons (Fsp3) is 0.615. The Hall–Kier alpha value is -1.08. The number of thioether (sulfide) groups is 1. The van der Waals surface area contributed by atoms with E-state index in [1.165, 1.54) is 0 Å². The summed E-state index contributed by atoms with van der Waals surface area (Å²) in [6, 6.07) is -0.804. The second kappa shape index (κ2) is 7.64. The summed E-state index contributed by atoms with van der Waals surface area (Å²) < 4.78 is 0. The summed E-state index contributed by atoms with van der Waals surface area (Å²) in [6.07, 6.45) is 0.843. The molecule has 1 atom stereocenters. The number of nitrogens with one attached hydrogen (secondary N) is 1. The van der Waals surface area contributed by atoms with Gasteiger partial charge in [0.1, 0.15) is 11.0 Å². The summed E-state index contributed by atoms with van der Waals surface area (Å²) in [7, 11) is 0. The van der Waals surface area contributed by atoms with Crippen molar-refractivity contribution in [2.45, 2.75) is 44.4 Å². The fourth-order valence-electron chi connectivity index (χ4n) is 1.44. The maximum atomic E-state index is 10.8. The molecule has 112 valence electrons. The second-order valence-corrected chi connectivity index (χ2v) is 7.44. The molecule has 20 heavy (non-hydrogen) atoms. The van der Waals surface area contributed by atoms with Crippen molar-refractivity contribution in [1.29, 1.82) is 0 Å². The molecule has 0 radical (unpaired) electrons. The number of thiazole rings is 1. The molecule has 1 unspecified atom stereocenters. The zero-order valence-corrected chi connectivity index (χ0v) is 13.5. The molecular weight excluding hydrogens is 296 g/mol. The minimum Gasteiger partial charge on any atom is -0.480 e. The van der Waals surface area contributed by atoms with Crippen LogP contribution in [0.4, 0.5) is 0 Å². The maximum Gasteiger partial charge on any atom is 0.326 e. The monoisotopic (exact) mass is 316 g/mol. The molecular formula is C13H20N2O3S2. The van der Waals surface area contributed by atoms with Crippen LogP contribution in [0.2, 0.25) is 0 Å². The molecule has 0 spiro atoms. The molecule has 0 aromatic carbocycles. The third-order valence-corrected chi connectivity index (χ3v) is 4.70. The lowest BCUT2D eigenvalue weighted by molar-refractivity contribution is -0.140. The van der Waals surface area contributed by atoms with Crippen LogP contribution in [0.25, 0.3) is 0 Å². The lowest BCUT2D eigenvalue weighted by atomic mass is 9.93. The molecule has 1 aromatic heterocycles. The number of rotatable bonds is 8. The summed E-state index contributed by atoms with van der Waals surface area (Å²) in [6.45, 7) is 6.38. The van der Waals surface area contributed by atoms with Gasteiger partial charge in [-0.15, -0.1) is 11.3 Å². The molecule has 1 aromatic rings. The molecule has 7 heteroatoms. The number of amides is 1. The van der Waals surface area contributed by atoms with Crippen molar-refractivity contribution >= 4 is 35.5 Å². The van der Waals surface area contributed by atoms with Crippen molar-refractivity contribution in [2.75, 3.05) is 5.75 Å². The molecule has 0 saturated heterocycles. The third kappa shape index (κ3) is 5.50. The van der Waals surface area contributed by atoms with Crippen LogP contribution in [0, 0.1) is 0 Å². The molecule has 1 rings (SSSR count). The van der Waals surface area contributed by atoms with Crippen LogP contribution in [-0.4, -0.2) is 34.3 Å². The summed E-state index contributed by atoms with van der Waals surface area (Å²) >= 11 is 3.26. The lowest BCUT2D eigenvalue weighted by Gasteiger charge is -2.14. The predicted molar refractivity (Wildman–Crippen MR) is 82.2 cm³/mol. The molecule has 2 N–H and O–H groups in total. The van der Waals surface area contributed by atoms with E-state index < -0.39 is 12.0 Å². The quantitative estimate of drug-likeness (QED) is 0.568. The van der Waals surface area contributed by atoms with E-state index >= 15 is 0 Å². The van der Waals surface area contributed by atoms with Gasteiger partial charge < -0.3 is 10.4 Å². The van der Waals surface area contributed by atoms with Gasteiger partial charge in [-0.1, -0.05) is 20.8 Å². The van der Waals surface area contributed by atoms with Gasteiger partial charge in [0.15, 0.2) is 0 Å². The first kappa shape index (κ1) is 17.0. The Bertz CT molecular complexity index is 455. The number of carbonyl (C=O) groups excluding carboxylic acids is 1. The van der Waals surface area contributed by atoms with Gasteiger partial charge in [0.05, 0.1) is 5.69 Å². The van der Waals surface area contributed by atoms with Crippen molar-refractivity contribution in [3.05, 3.63) is 16.1 Å². The first-order valence-corrected chi connectivity index (χ1v) is 8.33. The van der Waals surface area contributed by atoms with Gasteiger partial charge in [-0.2, -0.15) is 11.8 Å². The second-order valence-electron chi connectivity index (χ2n) is 5.39. The highest BCUT2D eigenvalue weighted by Crippen LogP contribution is 2.26. The smallest absolute Gasteiger partial charge is 0.326 e. The Morgan fingerprint density at radius 1 is 1.60 bits per heavy atom. The van der Waals surface area contributed by atoms with Crippen LogP contribution in [0.5, 0.6) is 0 Å². The molecule has 0 bridgehead atoms. The van der Waals surface area contributed by atoms with Gasteiger partial charge >= 0.3 is 5.97 Å². The number of nitrogens with zero attached hydrogens (tertiary/aromatic N) is 1. The minimum atomic E-state index is -0.998. The molecule has 0 fully saturated rings. The number of hydrogen-bond acceptors (Lipinski definition) is 5. The topological polar surface area (TPSA) is 79.3 Å². The Morgan fingerprint density at radius 2 is 2.30 bits per heavy atom. The Morgan fingerprint density at radius 3 is 2.80 bits per heavy atom. The van der Waals surface area contributed by atoms with Crippen LogP contribution >= 0.6 is 23.1 Å². The van der Waals surface area contributed by atoms with E-state index in [0.717, 1.165) is 16.5 Å². The molecule has 1 amide bonds. The van der Waals surface area contributed by atoms with Crippen molar-refractivity contribution in [1.82, 2.24) is 10.3 Å². The van der Waals surface area contributed by atoms with E-state index in [0.29, 0.717) is 18.6 Å². The Kier molecular flexibility index (Phi) is 6.48. The van der Waals surface area contributed by atoms with E-state index in [4.69, 9.17) is 5.11 Å². The normalized spacial score (nSPS) is 12.9. The van der Waals surface area contributed by atoms with Crippen LogP contribution in [0.3, 0.4) is 0 Å². The first-order chi connectivity index (χ1) is 9.34. The number of carboxylic acids is 1. The van der Waals surface area contributed by atoms with Crippen LogP contribution in [0.1, 0.15) is 37.9 Å².